The lowest BCUT2D eigenvalue weighted by Crippen LogP contribution is -2.53. The molecule has 0 amide bonds. The van der Waals surface area contributed by atoms with Crippen molar-refractivity contribution >= 4 is 17.3 Å². The van der Waals surface area contributed by atoms with Crippen molar-refractivity contribution in [2.75, 3.05) is 26.2 Å². The summed E-state index contributed by atoms with van der Waals surface area (Å²) in [7, 11) is 0. The number of ketones is 2. The fourth-order valence-corrected chi connectivity index (χ4v) is 7.10. The lowest BCUT2D eigenvalue weighted by Gasteiger charge is -2.56. The largest absolute Gasteiger partial charge is 0.394 e. The summed E-state index contributed by atoms with van der Waals surface area (Å²) in [6, 6.07) is 0. The Labute approximate surface area is 181 Å². The van der Waals surface area contributed by atoms with Gasteiger partial charge in [0, 0.05) is 24.8 Å². The summed E-state index contributed by atoms with van der Waals surface area (Å²) in [5.41, 5.74) is 1.91. The van der Waals surface area contributed by atoms with Gasteiger partial charge in [-0.3, -0.25) is 9.59 Å². The number of oxime groups is 1. The Bertz CT molecular complexity index is 768. The maximum absolute atomic E-state index is 12.7. The van der Waals surface area contributed by atoms with E-state index in [0.29, 0.717) is 36.6 Å². The Morgan fingerprint density at radius 3 is 2.53 bits per heavy atom. The molecule has 0 aromatic carbocycles. The van der Waals surface area contributed by atoms with Crippen LogP contribution in [0, 0.1) is 28.6 Å². The Balaban J connectivity index is 1.61. The highest BCUT2D eigenvalue weighted by Gasteiger charge is 2.60. The predicted octanol–water partition coefficient (Wildman–Crippen LogP) is 4.41. The van der Waals surface area contributed by atoms with Gasteiger partial charge in [-0.1, -0.05) is 32.9 Å². The van der Waals surface area contributed by atoms with E-state index in [1.54, 1.807) is 0 Å². The minimum absolute atomic E-state index is 0.0230. The number of nitrogens with zero attached hydrogens (tertiary/aromatic N) is 2. The van der Waals surface area contributed by atoms with Crippen molar-refractivity contribution in [1.82, 2.24) is 4.90 Å². The average molecular weight is 415 g/mol. The van der Waals surface area contributed by atoms with Crippen LogP contribution in [0.5, 0.6) is 0 Å². The Morgan fingerprint density at radius 1 is 1.07 bits per heavy atom. The molecule has 0 heterocycles. The second-order valence-corrected chi connectivity index (χ2v) is 10.3. The summed E-state index contributed by atoms with van der Waals surface area (Å²) in [5, 5.41) is 4.62. The van der Waals surface area contributed by atoms with E-state index in [4.69, 9.17) is 4.84 Å². The molecule has 166 valence electrons. The topological polar surface area (TPSA) is 59.0 Å². The number of rotatable bonds is 6. The molecular weight excluding hydrogens is 376 g/mol. The Morgan fingerprint density at radius 2 is 1.80 bits per heavy atom. The van der Waals surface area contributed by atoms with E-state index in [9.17, 15) is 9.59 Å². The molecule has 4 aliphatic rings. The van der Waals surface area contributed by atoms with Gasteiger partial charge in [0.15, 0.2) is 5.78 Å². The third kappa shape index (κ3) is 3.47. The number of hydrogen-bond donors (Lipinski definition) is 0. The summed E-state index contributed by atoms with van der Waals surface area (Å²) in [6.45, 7) is 12.3. The van der Waals surface area contributed by atoms with Crippen LogP contribution in [-0.4, -0.2) is 48.4 Å². The van der Waals surface area contributed by atoms with E-state index in [2.05, 4.69) is 37.8 Å². The number of carbonyl (C=O) groups is 2. The van der Waals surface area contributed by atoms with Crippen molar-refractivity contribution < 1.29 is 14.4 Å². The molecule has 0 N–H and O–H groups in total. The summed E-state index contributed by atoms with van der Waals surface area (Å²) in [6.07, 6.45) is 8.06. The third-order valence-electron chi connectivity index (χ3n) is 9.08. The van der Waals surface area contributed by atoms with Gasteiger partial charge in [-0.2, -0.15) is 0 Å². The van der Waals surface area contributed by atoms with Crippen LogP contribution >= 0.6 is 0 Å². The van der Waals surface area contributed by atoms with Gasteiger partial charge in [-0.25, -0.2) is 0 Å². The number of fused-ring (bicyclic) bond motifs is 5. The molecule has 0 spiro atoms. The highest BCUT2D eigenvalue weighted by molar-refractivity contribution is 6.08. The minimum Gasteiger partial charge on any atom is -0.394 e. The van der Waals surface area contributed by atoms with Crippen LogP contribution in [-0.2, 0) is 14.4 Å². The van der Waals surface area contributed by atoms with Gasteiger partial charge in [-0.05, 0) is 80.0 Å². The number of allylic oxidation sites excluding steroid dienone is 1. The number of carbonyl (C=O) groups excluding carboxylic acids is 2. The molecule has 0 aromatic heterocycles. The molecule has 4 rings (SSSR count). The Hall–Kier alpha value is -1.49. The molecule has 3 fully saturated rings. The predicted molar refractivity (Wildman–Crippen MR) is 118 cm³/mol. The van der Waals surface area contributed by atoms with Gasteiger partial charge < -0.3 is 9.74 Å². The van der Waals surface area contributed by atoms with Crippen molar-refractivity contribution in [2.24, 2.45) is 33.7 Å². The molecule has 0 bridgehead atoms. The van der Waals surface area contributed by atoms with Gasteiger partial charge >= 0.3 is 0 Å². The van der Waals surface area contributed by atoms with Gasteiger partial charge in [0.1, 0.15) is 12.4 Å². The fraction of sp³-hybridized carbons (Fsp3) is 0.800. The molecule has 5 atom stereocenters. The fourth-order valence-electron chi connectivity index (χ4n) is 7.10. The van der Waals surface area contributed by atoms with Crippen molar-refractivity contribution in [2.45, 2.75) is 72.6 Å². The first-order valence-electron chi connectivity index (χ1n) is 12.0. The van der Waals surface area contributed by atoms with E-state index >= 15 is 0 Å². The first kappa shape index (κ1) is 21.7. The summed E-state index contributed by atoms with van der Waals surface area (Å²) >= 11 is 0. The third-order valence-corrected chi connectivity index (χ3v) is 9.08. The van der Waals surface area contributed by atoms with Crippen molar-refractivity contribution in [3.05, 3.63) is 11.6 Å². The molecular formula is C25H38N2O3. The summed E-state index contributed by atoms with van der Waals surface area (Å²) in [5.74, 6) is 2.13. The maximum atomic E-state index is 12.7. The molecule has 0 aliphatic heterocycles. The first-order chi connectivity index (χ1) is 14.3. The average Bonchev–Trinajstić information content (AvgIpc) is 3.04. The van der Waals surface area contributed by atoms with Crippen molar-refractivity contribution in [3.8, 4) is 0 Å². The summed E-state index contributed by atoms with van der Waals surface area (Å²) in [4.78, 5) is 33.1. The molecule has 0 aromatic rings. The number of likely N-dealkylation sites (N-methyl/N-ethyl adjacent to an activating group) is 1. The van der Waals surface area contributed by atoms with Gasteiger partial charge in [0.2, 0.25) is 0 Å². The molecule has 0 saturated heterocycles. The number of Topliss-reactive ketones (excluding diaryl/α,β-unsaturated/α-hetero) is 1. The standard InChI is InChI=1S/C25H38N2O3/c1-5-27(6-2)13-14-30-26-22-16-18-19-7-8-23(29)25(19,4)12-10-20(18)24(3)11-9-17(28)15-21(22)24/h15,18-20H,5-14,16H2,1-4H3/b26-22+/t18?,19?,20?,24-,25+/m1/s1. The zero-order chi connectivity index (χ0) is 21.5. The second-order valence-electron chi connectivity index (χ2n) is 10.3. The van der Waals surface area contributed by atoms with Gasteiger partial charge in [-0.15, -0.1) is 0 Å². The normalized spacial score (nSPS) is 39.6. The van der Waals surface area contributed by atoms with E-state index < -0.39 is 0 Å². The second kappa shape index (κ2) is 8.22. The highest BCUT2D eigenvalue weighted by Crippen LogP contribution is 2.63. The smallest absolute Gasteiger partial charge is 0.156 e. The highest BCUT2D eigenvalue weighted by atomic mass is 16.6. The SMILES string of the molecule is CCN(CC)CCO/N=C1\CC2C(CC[C@]3(C)C(=O)CCC23)[C@@]2(C)CCC(=O)C=C12. The van der Waals surface area contributed by atoms with E-state index in [1.165, 1.54) is 0 Å². The molecule has 3 unspecified atom stereocenters. The molecule has 5 heteroatoms. The van der Waals surface area contributed by atoms with E-state index in [0.717, 1.165) is 69.4 Å². The molecule has 0 radical (unpaired) electrons. The lowest BCUT2D eigenvalue weighted by molar-refractivity contribution is -0.131. The minimum atomic E-state index is -0.155. The van der Waals surface area contributed by atoms with E-state index in [-0.39, 0.29) is 16.6 Å². The van der Waals surface area contributed by atoms with Crippen LogP contribution < -0.4 is 0 Å². The van der Waals surface area contributed by atoms with Crippen LogP contribution in [0.3, 0.4) is 0 Å². The van der Waals surface area contributed by atoms with Crippen molar-refractivity contribution in [1.29, 1.82) is 0 Å². The number of hydrogen-bond acceptors (Lipinski definition) is 5. The van der Waals surface area contributed by atoms with Crippen LogP contribution in [0.4, 0.5) is 0 Å². The lowest BCUT2D eigenvalue weighted by atomic mass is 9.47. The van der Waals surface area contributed by atoms with E-state index in [1.807, 2.05) is 6.08 Å². The van der Waals surface area contributed by atoms with Gasteiger partial charge in [0.05, 0.1) is 5.71 Å². The molecule has 4 aliphatic carbocycles. The quantitative estimate of drug-likeness (QED) is 0.477. The van der Waals surface area contributed by atoms with Crippen LogP contribution in [0.1, 0.15) is 72.6 Å². The van der Waals surface area contributed by atoms with Crippen molar-refractivity contribution in [3.63, 3.8) is 0 Å². The molecule has 30 heavy (non-hydrogen) atoms. The molecule has 3 saturated carbocycles. The summed E-state index contributed by atoms with van der Waals surface area (Å²) < 4.78 is 0. The monoisotopic (exact) mass is 414 g/mol. The zero-order valence-corrected chi connectivity index (χ0v) is 19.2. The van der Waals surface area contributed by atoms with Crippen LogP contribution in [0.2, 0.25) is 0 Å². The Kier molecular flexibility index (Phi) is 5.95. The van der Waals surface area contributed by atoms with Gasteiger partial charge in [0.25, 0.3) is 0 Å². The first-order valence-corrected chi connectivity index (χ1v) is 12.0. The van der Waals surface area contributed by atoms with Crippen LogP contribution in [0.25, 0.3) is 0 Å². The molecule has 5 nitrogen and oxygen atoms in total. The van der Waals surface area contributed by atoms with Crippen LogP contribution in [0.15, 0.2) is 16.8 Å². The zero-order valence-electron chi connectivity index (χ0n) is 19.2. The maximum Gasteiger partial charge on any atom is 0.156 e.